The topological polar surface area (TPSA) is 132 Å². The molecule has 0 saturated heterocycles. The zero-order valence-corrected chi connectivity index (χ0v) is 16.3. The fourth-order valence-corrected chi connectivity index (χ4v) is 3.34. The number of H-pyrrole nitrogens is 1. The number of aryl methyl sites for hydroxylation is 1. The monoisotopic (exact) mass is 399 g/mol. The molecule has 0 bridgehead atoms. The number of ether oxygens (including phenoxy) is 1. The summed E-state index contributed by atoms with van der Waals surface area (Å²) < 4.78 is 6.08. The summed E-state index contributed by atoms with van der Waals surface area (Å²) in [5.41, 5.74) is 2.16. The number of nitrogens with one attached hydrogen (secondary N) is 2. The number of rotatable bonds is 7. The van der Waals surface area contributed by atoms with Crippen molar-refractivity contribution < 1.29 is 19.2 Å². The van der Waals surface area contributed by atoms with Crippen molar-refractivity contribution in [2.75, 3.05) is 7.11 Å². The van der Waals surface area contributed by atoms with Crippen molar-refractivity contribution in [1.82, 2.24) is 20.1 Å². The summed E-state index contributed by atoms with van der Waals surface area (Å²) in [6.07, 6.45) is 2.02. The molecule has 0 aliphatic rings. The molecular formula is C19H21N5O5. The molecule has 2 heterocycles. The Labute approximate surface area is 166 Å². The van der Waals surface area contributed by atoms with Crippen LogP contribution in [0, 0.1) is 24.0 Å². The van der Waals surface area contributed by atoms with E-state index in [1.807, 2.05) is 24.3 Å². The minimum Gasteiger partial charge on any atom is -0.467 e. The van der Waals surface area contributed by atoms with Gasteiger partial charge in [0.1, 0.15) is 24.0 Å². The van der Waals surface area contributed by atoms with Crippen LogP contribution in [0.4, 0.5) is 5.69 Å². The highest BCUT2D eigenvalue weighted by Crippen LogP contribution is 2.22. The van der Waals surface area contributed by atoms with E-state index < -0.39 is 22.8 Å². The third-order valence-electron chi connectivity index (χ3n) is 4.74. The maximum Gasteiger partial charge on any atom is 0.328 e. The van der Waals surface area contributed by atoms with E-state index in [9.17, 15) is 19.7 Å². The van der Waals surface area contributed by atoms with Gasteiger partial charge in [-0.15, -0.1) is 0 Å². The van der Waals surface area contributed by atoms with Crippen molar-refractivity contribution in [3.05, 3.63) is 57.5 Å². The van der Waals surface area contributed by atoms with E-state index in [0.29, 0.717) is 0 Å². The van der Waals surface area contributed by atoms with Crippen molar-refractivity contribution in [1.29, 1.82) is 0 Å². The molecule has 0 fully saturated rings. The van der Waals surface area contributed by atoms with Gasteiger partial charge in [-0.1, -0.05) is 18.2 Å². The molecule has 10 heteroatoms. The number of amides is 1. The van der Waals surface area contributed by atoms with Gasteiger partial charge in [-0.3, -0.25) is 19.6 Å². The lowest BCUT2D eigenvalue weighted by Crippen LogP contribution is -2.44. The molecule has 2 N–H and O–H groups in total. The van der Waals surface area contributed by atoms with Gasteiger partial charge in [-0.2, -0.15) is 5.10 Å². The van der Waals surface area contributed by atoms with E-state index in [2.05, 4.69) is 15.4 Å². The third-order valence-corrected chi connectivity index (χ3v) is 4.74. The molecule has 0 radical (unpaired) electrons. The number of hydrogen-bond donors (Lipinski definition) is 2. The molecule has 10 nitrogen and oxygen atoms in total. The second kappa shape index (κ2) is 8.13. The SMILES string of the molecule is COC(=O)C(Cc1c[nH]c2ccccc12)NC(=O)Cn1nc(C)c([N+](=O)[O-])c1C. The Morgan fingerprint density at radius 2 is 2.07 bits per heavy atom. The van der Waals surface area contributed by atoms with Gasteiger partial charge in [0.05, 0.1) is 12.0 Å². The first-order valence-electron chi connectivity index (χ1n) is 8.92. The number of nitrogens with zero attached hydrogens (tertiary/aromatic N) is 3. The summed E-state index contributed by atoms with van der Waals surface area (Å²) >= 11 is 0. The van der Waals surface area contributed by atoms with Crippen LogP contribution in [0.15, 0.2) is 30.5 Å². The quantitative estimate of drug-likeness (QED) is 0.354. The zero-order valence-electron chi connectivity index (χ0n) is 16.3. The number of hydrogen-bond acceptors (Lipinski definition) is 6. The van der Waals surface area contributed by atoms with Gasteiger partial charge < -0.3 is 15.0 Å². The molecule has 1 unspecified atom stereocenters. The van der Waals surface area contributed by atoms with Gasteiger partial charge in [0.15, 0.2) is 0 Å². The molecule has 0 aliphatic carbocycles. The van der Waals surface area contributed by atoms with Gasteiger partial charge in [0, 0.05) is 23.5 Å². The first-order chi connectivity index (χ1) is 13.8. The number of fused-ring (bicyclic) bond motifs is 1. The van der Waals surface area contributed by atoms with Crippen LogP contribution >= 0.6 is 0 Å². The van der Waals surface area contributed by atoms with Crippen LogP contribution in [0.3, 0.4) is 0 Å². The Hall–Kier alpha value is -3.69. The molecule has 0 spiro atoms. The second-order valence-electron chi connectivity index (χ2n) is 6.64. The lowest BCUT2D eigenvalue weighted by molar-refractivity contribution is -0.386. The van der Waals surface area contributed by atoms with Gasteiger partial charge in [0.25, 0.3) is 0 Å². The average Bonchev–Trinajstić information content (AvgIpc) is 3.21. The summed E-state index contributed by atoms with van der Waals surface area (Å²) in [5, 5.41) is 18.8. The van der Waals surface area contributed by atoms with Crippen LogP contribution in [0.2, 0.25) is 0 Å². The molecule has 0 saturated carbocycles. The van der Waals surface area contributed by atoms with Crippen molar-refractivity contribution in [3.8, 4) is 0 Å². The van der Waals surface area contributed by atoms with E-state index in [4.69, 9.17) is 4.74 Å². The highest BCUT2D eigenvalue weighted by molar-refractivity contribution is 5.87. The summed E-state index contributed by atoms with van der Waals surface area (Å²) in [7, 11) is 1.25. The maximum atomic E-state index is 12.5. The zero-order chi connectivity index (χ0) is 21.1. The highest BCUT2D eigenvalue weighted by atomic mass is 16.6. The first-order valence-corrected chi connectivity index (χ1v) is 8.92. The fourth-order valence-electron chi connectivity index (χ4n) is 3.34. The Balaban J connectivity index is 1.77. The van der Waals surface area contributed by atoms with E-state index in [0.717, 1.165) is 16.5 Å². The Bertz CT molecular complexity index is 1080. The largest absolute Gasteiger partial charge is 0.467 e. The van der Waals surface area contributed by atoms with Gasteiger partial charge in [-0.25, -0.2) is 4.79 Å². The van der Waals surface area contributed by atoms with Gasteiger partial charge >= 0.3 is 11.7 Å². The molecule has 29 heavy (non-hydrogen) atoms. The number of aromatic nitrogens is 3. The number of esters is 1. The Morgan fingerprint density at radius 3 is 2.72 bits per heavy atom. The van der Waals surface area contributed by atoms with E-state index in [1.54, 1.807) is 6.20 Å². The molecule has 152 valence electrons. The summed E-state index contributed by atoms with van der Waals surface area (Å²) in [4.78, 5) is 38.5. The molecule has 3 aromatic rings. The molecule has 2 aromatic heterocycles. The van der Waals surface area contributed by atoms with Crippen molar-refractivity contribution >= 4 is 28.5 Å². The van der Waals surface area contributed by atoms with Crippen LogP contribution in [0.5, 0.6) is 0 Å². The maximum absolute atomic E-state index is 12.5. The third kappa shape index (κ3) is 4.10. The number of aromatic amines is 1. The predicted octanol–water partition coefficient (Wildman–Crippen LogP) is 1.79. The molecular weight excluding hydrogens is 378 g/mol. The summed E-state index contributed by atoms with van der Waals surface area (Å²) in [6, 6.07) is 6.72. The minimum atomic E-state index is -0.904. The number of para-hydroxylation sites is 1. The van der Waals surface area contributed by atoms with Crippen LogP contribution in [0.1, 0.15) is 17.0 Å². The summed E-state index contributed by atoms with van der Waals surface area (Å²) in [6.45, 7) is 2.78. The first kappa shape index (κ1) is 20.1. The number of nitro groups is 1. The lowest BCUT2D eigenvalue weighted by atomic mass is 10.0. The molecule has 0 aliphatic heterocycles. The van der Waals surface area contributed by atoms with E-state index in [1.165, 1.54) is 25.6 Å². The number of carbonyl (C=O) groups is 2. The summed E-state index contributed by atoms with van der Waals surface area (Å²) in [5.74, 6) is -1.08. The normalized spacial score (nSPS) is 12.0. The van der Waals surface area contributed by atoms with Crippen LogP contribution in [-0.2, 0) is 27.3 Å². The van der Waals surface area contributed by atoms with Gasteiger partial charge in [-0.05, 0) is 25.5 Å². The number of benzene rings is 1. The van der Waals surface area contributed by atoms with Gasteiger partial charge in [0.2, 0.25) is 5.91 Å². The van der Waals surface area contributed by atoms with E-state index in [-0.39, 0.29) is 30.0 Å². The smallest absolute Gasteiger partial charge is 0.328 e. The second-order valence-corrected chi connectivity index (χ2v) is 6.64. The average molecular weight is 399 g/mol. The lowest BCUT2D eigenvalue weighted by Gasteiger charge is -2.16. The Morgan fingerprint density at radius 1 is 1.34 bits per heavy atom. The number of carbonyl (C=O) groups excluding carboxylic acids is 2. The standard InChI is InChI=1S/C19H21N5O5/c1-11-18(24(27)28)12(2)23(22-11)10-17(25)21-16(19(26)29-3)8-13-9-20-15-7-5-4-6-14(13)15/h4-7,9,16,20H,8,10H2,1-3H3,(H,21,25). The van der Waals surface area contributed by atoms with Crippen LogP contribution < -0.4 is 5.32 Å². The highest BCUT2D eigenvalue weighted by Gasteiger charge is 2.26. The fraction of sp³-hybridized carbons (Fsp3) is 0.316. The van der Waals surface area contributed by atoms with Crippen LogP contribution in [-0.4, -0.2) is 44.7 Å². The van der Waals surface area contributed by atoms with Crippen molar-refractivity contribution in [3.63, 3.8) is 0 Å². The minimum absolute atomic E-state index is 0.124. The van der Waals surface area contributed by atoms with Crippen molar-refractivity contribution in [2.24, 2.45) is 0 Å². The molecule has 1 aromatic carbocycles. The van der Waals surface area contributed by atoms with E-state index >= 15 is 0 Å². The molecule has 3 rings (SSSR count). The van der Waals surface area contributed by atoms with Crippen LogP contribution in [0.25, 0.3) is 10.9 Å². The number of methoxy groups -OCH3 is 1. The Kier molecular flexibility index (Phi) is 5.62. The molecule has 1 atom stereocenters. The molecule has 1 amide bonds. The predicted molar refractivity (Wildman–Crippen MR) is 104 cm³/mol. The van der Waals surface area contributed by atoms with Crippen molar-refractivity contribution in [2.45, 2.75) is 32.9 Å².